The molecule has 1 N–H and O–H groups in total. The lowest BCUT2D eigenvalue weighted by molar-refractivity contribution is 0.0947. The van der Waals surface area contributed by atoms with Gasteiger partial charge in [0.25, 0.3) is 5.91 Å². The zero-order chi connectivity index (χ0) is 26.5. The molecule has 0 saturated carbocycles. The molecule has 38 heavy (non-hydrogen) atoms. The van der Waals surface area contributed by atoms with E-state index in [9.17, 15) is 9.18 Å². The van der Waals surface area contributed by atoms with Crippen LogP contribution in [0.1, 0.15) is 34.3 Å². The second kappa shape index (κ2) is 11.4. The normalized spacial score (nSPS) is 13.0. The first kappa shape index (κ1) is 25.3. The quantitative estimate of drug-likeness (QED) is 0.329. The van der Waals surface area contributed by atoms with E-state index >= 15 is 0 Å². The predicted octanol–water partition coefficient (Wildman–Crippen LogP) is 5.28. The largest absolute Gasteiger partial charge is 0.497 e. The number of nitrogens with one attached hydrogen (secondary N) is 1. The van der Waals surface area contributed by atoms with Gasteiger partial charge >= 0.3 is 0 Å². The Morgan fingerprint density at radius 1 is 1.00 bits per heavy atom. The van der Waals surface area contributed by atoms with Gasteiger partial charge in [0.2, 0.25) is 0 Å². The van der Waals surface area contributed by atoms with E-state index in [2.05, 4.69) is 27.6 Å². The highest BCUT2D eigenvalue weighted by Gasteiger charge is 2.16. The van der Waals surface area contributed by atoms with Crippen molar-refractivity contribution in [2.24, 2.45) is 0 Å². The summed E-state index contributed by atoms with van der Waals surface area (Å²) in [4.78, 5) is 15.0. The minimum absolute atomic E-state index is 0.164. The van der Waals surface area contributed by atoms with Crippen molar-refractivity contribution in [3.8, 4) is 22.6 Å². The molecular weight excluding hydrogens is 483 g/mol. The number of hydrogen-bond donors (Lipinski definition) is 1. The molecule has 8 heteroatoms. The number of carbonyl (C=O) groups is 1. The van der Waals surface area contributed by atoms with Crippen molar-refractivity contribution in [1.82, 2.24) is 15.1 Å². The molecule has 1 saturated heterocycles. The van der Waals surface area contributed by atoms with Crippen LogP contribution in [0, 0.1) is 5.82 Å². The predicted molar refractivity (Wildman–Crippen MR) is 145 cm³/mol. The van der Waals surface area contributed by atoms with Gasteiger partial charge in [0, 0.05) is 25.8 Å². The maximum absolute atomic E-state index is 13.7. The number of methoxy groups -OCH3 is 2. The van der Waals surface area contributed by atoms with Gasteiger partial charge in [-0.05, 0) is 65.4 Å². The van der Waals surface area contributed by atoms with Gasteiger partial charge in [-0.25, -0.2) is 4.39 Å². The molecule has 0 unspecified atom stereocenters. The summed E-state index contributed by atoms with van der Waals surface area (Å²) in [5, 5.41) is 7.45. The second-order valence-corrected chi connectivity index (χ2v) is 9.34. The Kier molecular flexibility index (Phi) is 7.58. The van der Waals surface area contributed by atoms with E-state index in [0.717, 1.165) is 41.1 Å². The first-order chi connectivity index (χ1) is 18.5. The van der Waals surface area contributed by atoms with Crippen molar-refractivity contribution >= 4 is 11.6 Å². The summed E-state index contributed by atoms with van der Waals surface area (Å²) < 4.78 is 26.3. The van der Waals surface area contributed by atoms with Crippen LogP contribution in [0.25, 0.3) is 11.1 Å². The summed E-state index contributed by atoms with van der Waals surface area (Å²) in [6.07, 6.45) is 6.51. The molecule has 2 heterocycles. The Bertz CT molecular complexity index is 1410. The van der Waals surface area contributed by atoms with Crippen LogP contribution in [-0.2, 0) is 13.1 Å². The van der Waals surface area contributed by atoms with E-state index in [0.29, 0.717) is 18.8 Å². The monoisotopic (exact) mass is 514 g/mol. The van der Waals surface area contributed by atoms with E-state index in [1.165, 1.54) is 43.8 Å². The van der Waals surface area contributed by atoms with Crippen molar-refractivity contribution in [3.05, 3.63) is 95.6 Å². The van der Waals surface area contributed by atoms with E-state index in [4.69, 9.17) is 9.47 Å². The molecule has 1 amide bonds. The molecule has 0 bridgehead atoms. The van der Waals surface area contributed by atoms with E-state index in [-0.39, 0.29) is 5.56 Å². The molecule has 0 atom stereocenters. The number of rotatable bonds is 9. The fourth-order valence-electron chi connectivity index (χ4n) is 4.78. The number of anilines is 1. The fraction of sp³-hybridized carbons (Fsp3) is 0.267. The summed E-state index contributed by atoms with van der Waals surface area (Å²) in [6.45, 7) is 3.11. The third-order valence-corrected chi connectivity index (χ3v) is 6.86. The van der Waals surface area contributed by atoms with Gasteiger partial charge in [0.1, 0.15) is 17.3 Å². The highest BCUT2D eigenvalue weighted by Crippen LogP contribution is 2.30. The van der Waals surface area contributed by atoms with Gasteiger partial charge in [-0.15, -0.1) is 0 Å². The maximum Gasteiger partial charge on any atom is 0.255 e. The molecule has 196 valence electrons. The van der Waals surface area contributed by atoms with Gasteiger partial charge in [0.05, 0.1) is 38.2 Å². The molecular formula is C30H31FN4O3. The third kappa shape index (κ3) is 5.64. The summed E-state index contributed by atoms with van der Waals surface area (Å²) in [5.74, 6) is 0.224. The number of hydrogen-bond acceptors (Lipinski definition) is 5. The van der Waals surface area contributed by atoms with Gasteiger partial charge < -0.3 is 19.7 Å². The minimum atomic E-state index is -0.489. The smallest absolute Gasteiger partial charge is 0.255 e. The molecule has 1 fully saturated rings. The first-order valence-corrected chi connectivity index (χ1v) is 12.7. The minimum Gasteiger partial charge on any atom is -0.497 e. The van der Waals surface area contributed by atoms with E-state index in [1.54, 1.807) is 7.11 Å². The molecule has 4 aromatic rings. The van der Waals surface area contributed by atoms with Crippen LogP contribution < -0.4 is 19.7 Å². The fourth-order valence-corrected chi connectivity index (χ4v) is 4.78. The molecule has 1 aliphatic heterocycles. The number of aromatic nitrogens is 2. The van der Waals surface area contributed by atoms with Crippen LogP contribution >= 0.6 is 0 Å². The van der Waals surface area contributed by atoms with Crippen molar-refractivity contribution in [1.29, 1.82) is 0 Å². The van der Waals surface area contributed by atoms with Crippen LogP contribution in [0.5, 0.6) is 11.5 Å². The Balaban J connectivity index is 1.31. The lowest BCUT2D eigenvalue weighted by Crippen LogP contribution is -2.23. The van der Waals surface area contributed by atoms with Gasteiger partial charge in [-0.1, -0.05) is 30.3 Å². The van der Waals surface area contributed by atoms with Gasteiger partial charge in [0.15, 0.2) is 0 Å². The highest BCUT2D eigenvalue weighted by molar-refractivity contribution is 5.96. The average molecular weight is 515 g/mol. The van der Waals surface area contributed by atoms with Crippen LogP contribution in [0.2, 0.25) is 0 Å². The summed E-state index contributed by atoms with van der Waals surface area (Å²) in [5.41, 5.74) is 5.47. The van der Waals surface area contributed by atoms with Crippen molar-refractivity contribution < 1.29 is 18.7 Å². The third-order valence-electron chi connectivity index (χ3n) is 6.86. The van der Waals surface area contributed by atoms with Crippen molar-refractivity contribution in [2.75, 3.05) is 32.2 Å². The first-order valence-electron chi connectivity index (χ1n) is 12.7. The Hall–Kier alpha value is -4.33. The lowest BCUT2D eigenvalue weighted by atomic mass is 9.98. The molecule has 7 nitrogen and oxygen atoms in total. The number of ether oxygens (including phenoxy) is 2. The molecule has 1 aliphatic rings. The zero-order valence-corrected chi connectivity index (χ0v) is 21.6. The number of halogens is 1. The Morgan fingerprint density at radius 3 is 2.53 bits per heavy atom. The maximum atomic E-state index is 13.7. The van der Waals surface area contributed by atoms with E-state index in [1.807, 2.05) is 47.3 Å². The van der Waals surface area contributed by atoms with Crippen LogP contribution in [-0.4, -0.2) is 43.0 Å². The van der Waals surface area contributed by atoms with E-state index < -0.39 is 11.7 Å². The van der Waals surface area contributed by atoms with Crippen molar-refractivity contribution in [2.45, 2.75) is 25.9 Å². The molecule has 5 rings (SSSR count). The average Bonchev–Trinajstić information content (AvgIpc) is 3.65. The Morgan fingerprint density at radius 2 is 1.79 bits per heavy atom. The number of amides is 1. The van der Waals surface area contributed by atoms with Crippen molar-refractivity contribution in [3.63, 3.8) is 0 Å². The molecule has 0 aliphatic carbocycles. The second-order valence-electron chi connectivity index (χ2n) is 9.34. The topological polar surface area (TPSA) is 68.6 Å². The highest BCUT2D eigenvalue weighted by atomic mass is 19.1. The van der Waals surface area contributed by atoms with Crippen LogP contribution in [0.3, 0.4) is 0 Å². The molecule has 0 spiro atoms. The molecule has 3 aromatic carbocycles. The summed E-state index contributed by atoms with van der Waals surface area (Å²) in [7, 11) is 3.11. The Labute approximate surface area is 221 Å². The van der Waals surface area contributed by atoms with Gasteiger partial charge in [-0.3, -0.25) is 9.48 Å². The van der Waals surface area contributed by atoms with Gasteiger partial charge in [-0.2, -0.15) is 5.10 Å². The number of nitrogens with zero attached hydrogens (tertiary/aromatic N) is 3. The standard InChI is InChI=1S/C30H31FN4O3/c1-37-26-11-9-23(19-35-20-25(18-33-35)34-13-3-4-14-34)27(16-26)22-7-5-21(6-8-22)17-32-30(36)28-15-24(31)10-12-29(28)38-2/h5-12,15-16,18,20H,3-4,13-14,17,19H2,1-2H3,(H,32,36). The molecule has 1 aromatic heterocycles. The zero-order valence-electron chi connectivity index (χ0n) is 21.6. The lowest BCUT2D eigenvalue weighted by Gasteiger charge is -2.15. The summed E-state index contributed by atoms with van der Waals surface area (Å²) in [6, 6.07) is 18.0. The van der Waals surface area contributed by atoms with Crippen LogP contribution in [0.4, 0.5) is 10.1 Å². The number of carbonyl (C=O) groups excluding carboxylic acids is 1. The summed E-state index contributed by atoms with van der Waals surface area (Å²) >= 11 is 0. The number of benzene rings is 3. The molecule has 0 radical (unpaired) electrons. The SMILES string of the molecule is COc1ccc(Cn2cc(N3CCCC3)cn2)c(-c2ccc(CNC(=O)c3cc(F)ccc3OC)cc2)c1. The van der Waals surface area contributed by atoms with Crippen LogP contribution in [0.15, 0.2) is 73.1 Å².